The molecule has 0 spiro atoms. The molecule has 0 heterocycles. The Balaban J connectivity index is 1.88. The third kappa shape index (κ3) is 4.53. The van der Waals surface area contributed by atoms with Gasteiger partial charge in [-0.15, -0.1) is 0 Å². The number of nitrogens with two attached hydrogens (primary N) is 2. The quantitative estimate of drug-likeness (QED) is 0.458. The van der Waals surface area contributed by atoms with Gasteiger partial charge in [0.2, 0.25) is 0 Å². The Hall–Kier alpha value is -3.24. The lowest BCUT2D eigenvalue weighted by Crippen LogP contribution is -2.13. The minimum absolute atomic E-state index is 0.0422. The van der Waals surface area contributed by atoms with Crippen molar-refractivity contribution in [3.05, 3.63) is 72.8 Å². The number of benzene rings is 3. The van der Waals surface area contributed by atoms with E-state index in [2.05, 4.69) is 0 Å². The van der Waals surface area contributed by atoms with Crippen LogP contribution in [0.1, 0.15) is 0 Å². The first kappa shape index (κ1) is 19.5. The van der Waals surface area contributed by atoms with Crippen LogP contribution in [0.4, 0.5) is 11.4 Å². The summed E-state index contributed by atoms with van der Waals surface area (Å²) in [6.45, 7) is 0. The van der Waals surface area contributed by atoms with Gasteiger partial charge in [0.25, 0.3) is 0 Å². The lowest BCUT2D eigenvalue weighted by atomic mass is 10.3. The standard InChI is InChI=1S/C18H16N2O6S2/c19-13-4-8-15(9-5-13)25-27(21,22)17-2-1-3-18(12-17)28(23,24)26-16-10-6-14(20)7-11-16/h1-12H,19-20H2. The van der Waals surface area contributed by atoms with E-state index in [1.165, 1.54) is 66.7 Å². The summed E-state index contributed by atoms with van der Waals surface area (Å²) in [6, 6.07) is 16.1. The number of hydrogen-bond acceptors (Lipinski definition) is 8. The lowest BCUT2D eigenvalue weighted by molar-refractivity contribution is 0.484. The highest BCUT2D eigenvalue weighted by molar-refractivity contribution is 7.88. The van der Waals surface area contributed by atoms with E-state index in [9.17, 15) is 16.8 Å². The maximum Gasteiger partial charge on any atom is 0.339 e. The maximum absolute atomic E-state index is 12.5. The molecule has 0 radical (unpaired) electrons. The van der Waals surface area contributed by atoms with Crippen LogP contribution in [0, 0.1) is 0 Å². The number of rotatable bonds is 6. The van der Waals surface area contributed by atoms with E-state index in [0.29, 0.717) is 11.4 Å². The molecular weight excluding hydrogens is 404 g/mol. The molecule has 3 aromatic carbocycles. The fraction of sp³-hybridized carbons (Fsp3) is 0. The third-order valence-corrected chi connectivity index (χ3v) is 6.04. The smallest absolute Gasteiger partial charge is 0.339 e. The third-order valence-electron chi connectivity index (χ3n) is 3.55. The second kappa shape index (κ2) is 7.41. The van der Waals surface area contributed by atoms with Crippen LogP contribution in [0.5, 0.6) is 11.5 Å². The summed E-state index contributed by atoms with van der Waals surface area (Å²) in [7, 11) is -8.53. The highest BCUT2D eigenvalue weighted by Gasteiger charge is 2.22. The Kier molecular flexibility index (Phi) is 5.16. The minimum atomic E-state index is -4.26. The van der Waals surface area contributed by atoms with Crippen LogP contribution in [0.2, 0.25) is 0 Å². The second-order valence-electron chi connectivity index (χ2n) is 5.69. The van der Waals surface area contributed by atoms with Gasteiger partial charge in [-0.1, -0.05) is 6.07 Å². The summed E-state index contributed by atoms with van der Waals surface area (Å²) in [6.07, 6.45) is 0. The van der Waals surface area contributed by atoms with Crippen LogP contribution in [-0.4, -0.2) is 16.8 Å². The Morgan fingerprint density at radius 1 is 0.571 bits per heavy atom. The Labute approximate surface area is 162 Å². The van der Waals surface area contributed by atoms with Gasteiger partial charge >= 0.3 is 20.2 Å². The zero-order chi connectivity index (χ0) is 20.4. The van der Waals surface area contributed by atoms with Crippen LogP contribution >= 0.6 is 0 Å². The molecule has 0 aliphatic rings. The molecule has 0 bridgehead atoms. The van der Waals surface area contributed by atoms with Gasteiger partial charge in [0.15, 0.2) is 0 Å². The van der Waals surface area contributed by atoms with Gasteiger partial charge in [0.1, 0.15) is 21.3 Å². The molecule has 146 valence electrons. The Morgan fingerprint density at radius 3 is 1.29 bits per heavy atom. The van der Waals surface area contributed by atoms with Crippen molar-refractivity contribution in [1.82, 2.24) is 0 Å². The summed E-state index contributed by atoms with van der Waals surface area (Å²) < 4.78 is 59.9. The van der Waals surface area contributed by atoms with E-state index in [-0.39, 0.29) is 21.3 Å². The van der Waals surface area contributed by atoms with Crippen LogP contribution < -0.4 is 19.8 Å². The van der Waals surface area contributed by atoms with Gasteiger partial charge in [-0.25, -0.2) is 0 Å². The van der Waals surface area contributed by atoms with Crippen LogP contribution in [0.3, 0.4) is 0 Å². The van der Waals surface area contributed by atoms with Gasteiger partial charge in [-0.2, -0.15) is 16.8 Å². The fourth-order valence-corrected chi connectivity index (χ4v) is 4.21. The first-order chi connectivity index (χ1) is 13.2. The number of hydrogen-bond donors (Lipinski definition) is 2. The van der Waals surface area contributed by atoms with E-state index in [4.69, 9.17) is 19.8 Å². The lowest BCUT2D eigenvalue weighted by Gasteiger charge is -2.10. The zero-order valence-corrected chi connectivity index (χ0v) is 16.0. The summed E-state index contributed by atoms with van der Waals surface area (Å²) in [4.78, 5) is -0.683. The van der Waals surface area contributed by atoms with E-state index in [1.807, 2.05) is 0 Å². The molecule has 28 heavy (non-hydrogen) atoms. The van der Waals surface area contributed by atoms with Crippen molar-refractivity contribution in [3.63, 3.8) is 0 Å². The SMILES string of the molecule is Nc1ccc(OS(=O)(=O)c2cccc(S(=O)(=O)Oc3ccc(N)cc3)c2)cc1. The molecule has 0 saturated carbocycles. The highest BCUT2D eigenvalue weighted by Crippen LogP contribution is 2.24. The minimum Gasteiger partial charge on any atom is -0.399 e. The Morgan fingerprint density at radius 2 is 0.929 bits per heavy atom. The van der Waals surface area contributed by atoms with Crippen molar-refractivity contribution in [3.8, 4) is 11.5 Å². The van der Waals surface area contributed by atoms with E-state index in [0.717, 1.165) is 6.07 Å². The van der Waals surface area contributed by atoms with Crippen molar-refractivity contribution in [1.29, 1.82) is 0 Å². The van der Waals surface area contributed by atoms with Gasteiger partial charge in [0.05, 0.1) is 0 Å². The topological polar surface area (TPSA) is 139 Å². The average Bonchev–Trinajstić information content (AvgIpc) is 2.65. The summed E-state index contributed by atoms with van der Waals surface area (Å²) >= 11 is 0. The molecule has 0 unspecified atom stereocenters. The van der Waals surface area contributed by atoms with Gasteiger partial charge in [0, 0.05) is 11.4 Å². The second-order valence-corrected chi connectivity index (χ2v) is 8.78. The zero-order valence-electron chi connectivity index (χ0n) is 14.3. The van der Waals surface area contributed by atoms with E-state index in [1.54, 1.807) is 0 Å². The number of nitrogen functional groups attached to an aromatic ring is 2. The first-order valence-electron chi connectivity index (χ1n) is 7.86. The molecule has 0 aliphatic heterocycles. The van der Waals surface area contributed by atoms with Crippen molar-refractivity contribution in [2.24, 2.45) is 0 Å². The molecule has 0 aliphatic carbocycles. The molecule has 4 N–H and O–H groups in total. The number of anilines is 2. The summed E-state index contributed by atoms with van der Waals surface area (Å²) in [5.41, 5.74) is 12.0. The van der Waals surface area contributed by atoms with Crippen LogP contribution in [-0.2, 0) is 20.2 Å². The van der Waals surface area contributed by atoms with E-state index >= 15 is 0 Å². The molecule has 3 rings (SSSR count). The predicted molar refractivity (Wildman–Crippen MR) is 104 cm³/mol. The first-order valence-corrected chi connectivity index (χ1v) is 10.7. The molecule has 3 aromatic rings. The summed E-state index contributed by atoms with van der Waals surface area (Å²) in [5.74, 6) is 0.0844. The van der Waals surface area contributed by atoms with Crippen molar-refractivity contribution in [2.45, 2.75) is 9.79 Å². The molecule has 0 aromatic heterocycles. The maximum atomic E-state index is 12.5. The molecular formula is C18H16N2O6S2. The average molecular weight is 420 g/mol. The van der Waals surface area contributed by atoms with Crippen molar-refractivity contribution >= 4 is 31.6 Å². The molecule has 0 fully saturated rings. The molecule has 0 atom stereocenters. The summed E-state index contributed by atoms with van der Waals surface area (Å²) in [5, 5.41) is 0. The van der Waals surface area contributed by atoms with Crippen molar-refractivity contribution < 1.29 is 25.2 Å². The predicted octanol–water partition coefficient (Wildman–Crippen LogP) is 2.39. The van der Waals surface area contributed by atoms with Gasteiger partial charge < -0.3 is 19.8 Å². The highest BCUT2D eigenvalue weighted by atomic mass is 32.2. The monoisotopic (exact) mass is 420 g/mol. The molecule has 10 heteroatoms. The van der Waals surface area contributed by atoms with Crippen LogP contribution in [0.25, 0.3) is 0 Å². The Bertz CT molecular complexity index is 1100. The van der Waals surface area contributed by atoms with E-state index < -0.39 is 20.2 Å². The van der Waals surface area contributed by atoms with Gasteiger partial charge in [-0.05, 0) is 66.7 Å². The molecule has 0 saturated heterocycles. The molecule has 0 amide bonds. The van der Waals surface area contributed by atoms with Crippen LogP contribution in [0.15, 0.2) is 82.6 Å². The van der Waals surface area contributed by atoms with Crippen molar-refractivity contribution in [2.75, 3.05) is 11.5 Å². The fourth-order valence-electron chi connectivity index (χ4n) is 2.18. The normalized spacial score (nSPS) is 11.7. The van der Waals surface area contributed by atoms with Gasteiger partial charge in [-0.3, -0.25) is 0 Å². The molecule has 8 nitrogen and oxygen atoms in total. The largest absolute Gasteiger partial charge is 0.399 e.